The highest BCUT2D eigenvalue weighted by molar-refractivity contribution is 7.23. The predicted molar refractivity (Wildman–Crippen MR) is 127 cm³/mol. The van der Waals surface area contributed by atoms with Gasteiger partial charge in [0, 0.05) is 66.1 Å². The Labute approximate surface area is 187 Å². The molecule has 1 aromatic carbocycles. The molecular weight excluding hydrogens is 414 g/mol. The van der Waals surface area contributed by atoms with E-state index in [1.165, 1.54) is 26.3 Å². The second kappa shape index (κ2) is 8.46. The van der Waals surface area contributed by atoms with Crippen LogP contribution in [0, 0.1) is 6.92 Å². The fraction of sp³-hybridized carbons (Fsp3) is 0.458. The van der Waals surface area contributed by atoms with Crippen LogP contribution in [0.2, 0.25) is 5.02 Å². The number of thiophene rings is 1. The van der Waals surface area contributed by atoms with Crippen molar-refractivity contribution in [2.75, 3.05) is 51.3 Å². The number of nitrogens with zero attached hydrogens (tertiary/aromatic N) is 3. The number of pyridine rings is 1. The van der Waals surface area contributed by atoms with E-state index in [1.54, 1.807) is 0 Å². The zero-order chi connectivity index (χ0) is 20.7. The van der Waals surface area contributed by atoms with E-state index >= 15 is 0 Å². The van der Waals surface area contributed by atoms with E-state index in [4.69, 9.17) is 21.3 Å². The van der Waals surface area contributed by atoms with E-state index < -0.39 is 0 Å². The lowest BCUT2D eigenvalue weighted by Crippen LogP contribution is -2.44. The molecule has 0 saturated carbocycles. The van der Waals surface area contributed by atoms with Crippen LogP contribution in [0.4, 0.5) is 5.69 Å². The third-order valence-corrected chi connectivity index (χ3v) is 7.96. The van der Waals surface area contributed by atoms with Crippen LogP contribution in [0.3, 0.4) is 0 Å². The quantitative estimate of drug-likeness (QED) is 0.531. The monoisotopic (exact) mass is 441 g/mol. The van der Waals surface area contributed by atoms with Crippen molar-refractivity contribution in [3.8, 4) is 10.4 Å². The molecule has 4 heterocycles. The zero-order valence-corrected chi connectivity index (χ0v) is 19.2. The molecule has 2 saturated heterocycles. The lowest BCUT2D eigenvalue weighted by molar-refractivity contribution is 0.0857. The fourth-order valence-electron chi connectivity index (χ4n) is 4.68. The Balaban J connectivity index is 1.72. The van der Waals surface area contributed by atoms with Gasteiger partial charge in [0.15, 0.2) is 0 Å². The first-order valence-electron chi connectivity index (χ1n) is 10.8. The fourth-order valence-corrected chi connectivity index (χ4v) is 6.38. The first-order chi connectivity index (χ1) is 14.6. The molecule has 0 bridgehead atoms. The second-order valence-electron chi connectivity index (χ2n) is 8.46. The zero-order valence-electron chi connectivity index (χ0n) is 17.7. The van der Waals surface area contributed by atoms with Crippen molar-refractivity contribution in [3.63, 3.8) is 0 Å². The van der Waals surface area contributed by atoms with Crippen LogP contribution in [0.15, 0.2) is 30.3 Å². The summed E-state index contributed by atoms with van der Waals surface area (Å²) in [5.74, 6) is 0.466. The van der Waals surface area contributed by atoms with Crippen molar-refractivity contribution in [2.24, 2.45) is 0 Å². The number of rotatable bonds is 3. The van der Waals surface area contributed by atoms with Crippen LogP contribution in [0.5, 0.6) is 0 Å². The summed E-state index contributed by atoms with van der Waals surface area (Å²) in [4.78, 5) is 11.3. The number of fused-ring (bicyclic) bond motifs is 1. The summed E-state index contributed by atoms with van der Waals surface area (Å²) in [6.07, 6.45) is 2.09. The second-order valence-corrected chi connectivity index (χ2v) is 9.89. The summed E-state index contributed by atoms with van der Waals surface area (Å²) < 4.78 is 6.98. The molecule has 3 aromatic rings. The van der Waals surface area contributed by atoms with Crippen LogP contribution < -0.4 is 4.90 Å². The minimum atomic E-state index is 0.466. The number of hydrogen-bond donors (Lipinski definition) is 0. The Hall–Kier alpha value is -1.66. The summed E-state index contributed by atoms with van der Waals surface area (Å²) in [5, 5.41) is 0.815. The SMILES string of the molecule is Cc1cc(N2CCN(C)CC2)c2sc(-c3ccccc3Cl)c(C3CCOCC3)c2n1. The molecule has 0 atom stereocenters. The van der Waals surface area contributed by atoms with Crippen molar-refractivity contribution in [3.05, 3.63) is 46.6 Å². The Morgan fingerprint density at radius 2 is 1.83 bits per heavy atom. The third-order valence-electron chi connectivity index (χ3n) is 6.38. The average Bonchev–Trinajstić information content (AvgIpc) is 3.13. The van der Waals surface area contributed by atoms with Gasteiger partial charge in [0.25, 0.3) is 0 Å². The van der Waals surface area contributed by atoms with Crippen LogP contribution in [0.1, 0.15) is 30.0 Å². The number of likely N-dealkylation sites (N-methyl/N-ethyl adjacent to an activating group) is 1. The molecule has 0 aliphatic carbocycles. The largest absolute Gasteiger partial charge is 0.381 e. The van der Waals surface area contributed by atoms with Gasteiger partial charge in [-0.1, -0.05) is 29.8 Å². The molecule has 0 radical (unpaired) electrons. The smallest absolute Gasteiger partial charge is 0.0875 e. The maximum Gasteiger partial charge on any atom is 0.0875 e. The summed E-state index contributed by atoms with van der Waals surface area (Å²) in [5.41, 5.74) is 6.11. The Morgan fingerprint density at radius 1 is 1.10 bits per heavy atom. The van der Waals surface area contributed by atoms with E-state index in [-0.39, 0.29) is 0 Å². The van der Waals surface area contributed by atoms with E-state index in [0.717, 1.165) is 68.5 Å². The Kier molecular flexibility index (Phi) is 5.71. The van der Waals surface area contributed by atoms with E-state index in [0.29, 0.717) is 5.92 Å². The molecule has 5 rings (SSSR count). The van der Waals surface area contributed by atoms with Gasteiger partial charge in [0.05, 0.1) is 15.9 Å². The minimum Gasteiger partial charge on any atom is -0.381 e. The maximum absolute atomic E-state index is 6.68. The van der Waals surface area contributed by atoms with Gasteiger partial charge in [-0.05, 0) is 44.9 Å². The van der Waals surface area contributed by atoms with Gasteiger partial charge in [-0.2, -0.15) is 0 Å². The predicted octanol–water partition coefficient (Wildman–Crippen LogP) is 5.57. The topological polar surface area (TPSA) is 28.6 Å². The molecule has 30 heavy (non-hydrogen) atoms. The first-order valence-corrected chi connectivity index (χ1v) is 12.0. The van der Waals surface area contributed by atoms with Gasteiger partial charge in [0.1, 0.15) is 0 Å². The van der Waals surface area contributed by atoms with Gasteiger partial charge in [-0.15, -0.1) is 11.3 Å². The van der Waals surface area contributed by atoms with Crippen LogP contribution >= 0.6 is 22.9 Å². The summed E-state index contributed by atoms with van der Waals surface area (Å²) in [6.45, 7) is 8.07. The normalized spacial score (nSPS) is 19.0. The molecule has 0 amide bonds. The number of benzene rings is 1. The van der Waals surface area contributed by atoms with Gasteiger partial charge in [-0.3, -0.25) is 4.98 Å². The lowest BCUT2D eigenvalue weighted by atomic mass is 9.89. The van der Waals surface area contributed by atoms with E-state index in [1.807, 2.05) is 23.5 Å². The first kappa shape index (κ1) is 20.3. The Morgan fingerprint density at radius 3 is 2.57 bits per heavy atom. The number of halogens is 1. The molecule has 2 fully saturated rings. The van der Waals surface area contributed by atoms with Crippen molar-refractivity contribution in [1.29, 1.82) is 0 Å². The number of aryl methyl sites for hydroxylation is 1. The van der Waals surface area contributed by atoms with Crippen molar-refractivity contribution in [2.45, 2.75) is 25.7 Å². The highest BCUT2D eigenvalue weighted by atomic mass is 35.5. The minimum absolute atomic E-state index is 0.466. The van der Waals surface area contributed by atoms with Crippen LogP contribution in [-0.2, 0) is 4.74 Å². The summed E-state index contributed by atoms with van der Waals surface area (Å²) >= 11 is 8.55. The number of hydrogen-bond acceptors (Lipinski definition) is 5. The van der Waals surface area contributed by atoms with Gasteiger partial charge < -0.3 is 14.5 Å². The van der Waals surface area contributed by atoms with Crippen molar-refractivity contribution >= 4 is 38.8 Å². The number of anilines is 1. The summed E-state index contributed by atoms with van der Waals surface area (Å²) in [7, 11) is 2.20. The molecule has 6 heteroatoms. The molecule has 158 valence electrons. The Bertz CT molecular complexity index is 1050. The average molecular weight is 442 g/mol. The standard InChI is InChI=1S/C24H28ClN3OS/c1-16-15-20(28-11-9-27(2)10-12-28)24-22(26-16)21(17-7-13-29-14-8-17)23(30-24)18-5-3-4-6-19(18)25/h3-6,15,17H,7-14H2,1-2H3. The van der Waals surface area contributed by atoms with Crippen molar-refractivity contribution < 1.29 is 4.74 Å². The highest BCUT2D eigenvalue weighted by Crippen LogP contribution is 2.49. The van der Waals surface area contributed by atoms with E-state index in [2.05, 4.69) is 42.0 Å². The highest BCUT2D eigenvalue weighted by Gasteiger charge is 2.28. The van der Waals surface area contributed by atoms with Crippen LogP contribution in [0.25, 0.3) is 20.7 Å². The van der Waals surface area contributed by atoms with Crippen molar-refractivity contribution in [1.82, 2.24) is 9.88 Å². The molecule has 2 aliphatic heterocycles. The molecule has 0 unspecified atom stereocenters. The molecule has 4 nitrogen and oxygen atoms in total. The molecular formula is C24H28ClN3OS. The maximum atomic E-state index is 6.68. The number of piperazine rings is 1. The molecule has 0 spiro atoms. The lowest BCUT2D eigenvalue weighted by Gasteiger charge is -2.34. The summed E-state index contributed by atoms with van der Waals surface area (Å²) in [6, 6.07) is 10.5. The van der Waals surface area contributed by atoms with Gasteiger partial charge >= 0.3 is 0 Å². The molecule has 2 aliphatic rings. The molecule has 0 N–H and O–H groups in total. The number of aromatic nitrogens is 1. The van der Waals surface area contributed by atoms with Crippen LogP contribution in [-0.4, -0.2) is 56.3 Å². The van der Waals surface area contributed by atoms with Gasteiger partial charge in [0.2, 0.25) is 0 Å². The van der Waals surface area contributed by atoms with E-state index in [9.17, 15) is 0 Å². The van der Waals surface area contributed by atoms with Gasteiger partial charge in [-0.25, -0.2) is 0 Å². The number of ether oxygens (including phenoxy) is 1. The third kappa shape index (κ3) is 3.73. The molecule has 2 aromatic heterocycles.